The highest BCUT2D eigenvalue weighted by molar-refractivity contribution is 7.99. The number of hydrogen-bond acceptors (Lipinski definition) is 2. The summed E-state index contributed by atoms with van der Waals surface area (Å²) in [4.78, 5) is 7.04. The number of hydrogen-bond donors (Lipinski definition) is 1. The molecule has 1 aromatic rings. The van der Waals surface area contributed by atoms with Gasteiger partial charge in [0.15, 0.2) is 5.16 Å². The average Bonchev–Trinajstić information content (AvgIpc) is 2.45. The highest BCUT2D eigenvalue weighted by Crippen LogP contribution is 2.15. The molecule has 0 saturated heterocycles. The Bertz CT molecular complexity index is 292. The van der Waals surface area contributed by atoms with Gasteiger partial charge in [-0.1, -0.05) is 11.8 Å². The summed E-state index contributed by atoms with van der Waals surface area (Å²) in [7, 11) is 0. The summed E-state index contributed by atoms with van der Waals surface area (Å²) >= 11 is 1.44. The molecule has 0 fully saturated rings. The molecule has 0 aromatic carbocycles. The minimum Gasteiger partial charge on any atom is -0.337 e. The predicted molar refractivity (Wildman–Crippen MR) is 49.0 cm³/mol. The molecule has 2 nitrogen and oxygen atoms in total. The van der Waals surface area contributed by atoms with E-state index in [1.807, 2.05) is 6.92 Å². The lowest BCUT2D eigenvalue weighted by Crippen LogP contribution is -1.79. The van der Waals surface area contributed by atoms with Crippen molar-refractivity contribution < 1.29 is 8.78 Å². The first kappa shape index (κ1) is 10.2. The molecule has 5 heteroatoms. The molecule has 0 aliphatic heterocycles. The van der Waals surface area contributed by atoms with E-state index in [9.17, 15) is 8.78 Å². The Labute approximate surface area is 79.4 Å². The summed E-state index contributed by atoms with van der Waals surface area (Å²) in [5, 5.41) is 0.783. The van der Waals surface area contributed by atoms with Crippen molar-refractivity contribution >= 4 is 11.8 Å². The molecule has 0 unspecified atom stereocenters. The van der Waals surface area contributed by atoms with Gasteiger partial charge in [-0.2, -0.15) is 8.78 Å². The van der Waals surface area contributed by atoms with Crippen molar-refractivity contribution in [3.05, 3.63) is 24.0 Å². The number of aromatic amines is 1. The Morgan fingerprint density at radius 3 is 3.00 bits per heavy atom. The van der Waals surface area contributed by atoms with Gasteiger partial charge < -0.3 is 4.98 Å². The smallest absolute Gasteiger partial charge is 0.266 e. The van der Waals surface area contributed by atoms with Crippen LogP contribution in [0.1, 0.15) is 12.1 Å². The Balaban J connectivity index is 2.24. The van der Waals surface area contributed by atoms with Crippen LogP contribution in [0.2, 0.25) is 0 Å². The van der Waals surface area contributed by atoms with E-state index in [0.717, 1.165) is 16.9 Å². The number of H-pyrrole nitrogens is 1. The van der Waals surface area contributed by atoms with Crippen molar-refractivity contribution in [1.29, 1.82) is 0 Å². The lowest BCUT2D eigenvalue weighted by molar-refractivity contribution is 0.418. The van der Waals surface area contributed by atoms with Crippen LogP contribution in [0.15, 0.2) is 23.5 Å². The summed E-state index contributed by atoms with van der Waals surface area (Å²) in [6.07, 6.45) is 1.39. The Hall–Kier alpha value is -0.840. The number of allylic oxidation sites excluding steroid dienone is 1. The van der Waals surface area contributed by atoms with Gasteiger partial charge in [-0.05, 0) is 19.4 Å². The first-order valence-corrected chi connectivity index (χ1v) is 4.82. The van der Waals surface area contributed by atoms with E-state index in [1.165, 1.54) is 11.8 Å². The molecular weight excluding hydrogens is 194 g/mol. The number of aryl methyl sites for hydroxylation is 1. The molecule has 0 bridgehead atoms. The molecule has 0 aliphatic rings. The molecule has 72 valence electrons. The van der Waals surface area contributed by atoms with Gasteiger partial charge in [0.25, 0.3) is 6.08 Å². The van der Waals surface area contributed by atoms with Crippen molar-refractivity contribution in [2.24, 2.45) is 0 Å². The van der Waals surface area contributed by atoms with Gasteiger partial charge in [-0.3, -0.25) is 0 Å². The zero-order chi connectivity index (χ0) is 9.68. The zero-order valence-electron chi connectivity index (χ0n) is 7.18. The Morgan fingerprint density at radius 1 is 1.69 bits per heavy atom. The number of aromatic nitrogens is 2. The van der Waals surface area contributed by atoms with Crippen LogP contribution >= 0.6 is 11.8 Å². The van der Waals surface area contributed by atoms with Gasteiger partial charge in [-0.15, -0.1) is 0 Å². The van der Waals surface area contributed by atoms with Crippen molar-refractivity contribution in [3.63, 3.8) is 0 Å². The Morgan fingerprint density at radius 2 is 2.46 bits per heavy atom. The first-order valence-electron chi connectivity index (χ1n) is 3.84. The van der Waals surface area contributed by atoms with Crippen LogP contribution in [0.4, 0.5) is 8.78 Å². The number of nitrogens with one attached hydrogen (secondary N) is 1. The number of rotatable bonds is 4. The van der Waals surface area contributed by atoms with E-state index in [4.69, 9.17) is 0 Å². The van der Waals surface area contributed by atoms with Gasteiger partial charge >= 0.3 is 0 Å². The highest BCUT2D eigenvalue weighted by Gasteiger charge is 1.97. The second-order valence-corrected chi connectivity index (χ2v) is 3.59. The van der Waals surface area contributed by atoms with E-state index in [-0.39, 0.29) is 0 Å². The summed E-state index contributed by atoms with van der Waals surface area (Å²) in [6.45, 7) is 1.90. The van der Waals surface area contributed by atoms with Crippen molar-refractivity contribution in [2.45, 2.75) is 18.5 Å². The maximum Gasteiger partial charge on any atom is 0.266 e. The van der Waals surface area contributed by atoms with Crippen LogP contribution in [0.5, 0.6) is 0 Å². The topological polar surface area (TPSA) is 28.7 Å². The van der Waals surface area contributed by atoms with Crippen molar-refractivity contribution in [3.8, 4) is 0 Å². The third kappa shape index (κ3) is 4.07. The SMILES string of the molecule is Cc1cnc(SCCC=C(F)F)[nH]1. The van der Waals surface area contributed by atoms with Crippen molar-refractivity contribution in [1.82, 2.24) is 9.97 Å². The fourth-order valence-corrected chi connectivity index (χ4v) is 1.58. The number of halogens is 2. The fraction of sp³-hybridized carbons (Fsp3) is 0.375. The van der Waals surface area contributed by atoms with Gasteiger partial charge in [-0.25, -0.2) is 4.98 Å². The quantitative estimate of drug-likeness (QED) is 0.603. The van der Waals surface area contributed by atoms with E-state index < -0.39 is 6.08 Å². The molecule has 0 radical (unpaired) electrons. The van der Waals surface area contributed by atoms with Gasteiger partial charge in [0.05, 0.1) is 0 Å². The molecule has 0 spiro atoms. The molecule has 1 aromatic heterocycles. The molecule has 1 N–H and O–H groups in total. The molecule has 0 saturated carbocycles. The summed E-state index contributed by atoms with van der Waals surface area (Å²) in [6, 6.07) is 0. The van der Waals surface area contributed by atoms with Gasteiger partial charge in [0.1, 0.15) is 0 Å². The normalized spacial score (nSPS) is 10.1. The highest BCUT2D eigenvalue weighted by atomic mass is 32.2. The number of imidazole rings is 1. The van der Waals surface area contributed by atoms with Gasteiger partial charge in [0.2, 0.25) is 0 Å². The number of nitrogens with zero attached hydrogens (tertiary/aromatic N) is 1. The van der Waals surface area contributed by atoms with Crippen LogP contribution in [0.25, 0.3) is 0 Å². The second kappa shape index (κ2) is 5.01. The summed E-state index contributed by atoms with van der Waals surface area (Å²) < 4.78 is 23.2. The van der Waals surface area contributed by atoms with E-state index in [0.29, 0.717) is 12.2 Å². The van der Waals surface area contributed by atoms with Crippen LogP contribution in [-0.4, -0.2) is 15.7 Å². The minimum absolute atomic E-state index is 0.368. The van der Waals surface area contributed by atoms with Crippen LogP contribution in [0, 0.1) is 6.92 Å². The summed E-state index contributed by atoms with van der Waals surface area (Å²) in [5.74, 6) is 0.615. The molecule has 0 amide bonds. The lowest BCUT2D eigenvalue weighted by Gasteiger charge is -1.92. The zero-order valence-corrected chi connectivity index (χ0v) is 8.00. The fourth-order valence-electron chi connectivity index (χ4n) is 0.786. The third-order valence-electron chi connectivity index (χ3n) is 1.33. The van der Waals surface area contributed by atoms with Crippen LogP contribution in [-0.2, 0) is 0 Å². The number of thioether (sulfide) groups is 1. The molecule has 0 atom stereocenters. The van der Waals surface area contributed by atoms with E-state index in [1.54, 1.807) is 6.20 Å². The maximum absolute atomic E-state index is 11.6. The van der Waals surface area contributed by atoms with Crippen LogP contribution < -0.4 is 0 Å². The average molecular weight is 204 g/mol. The predicted octanol–water partition coefficient (Wildman–Crippen LogP) is 2.98. The standard InChI is InChI=1S/C8H10F2N2S/c1-6-5-11-8(12-6)13-4-2-3-7(9)10/h3,5H,2,4H2,1H3,(H,11,12). The van der Waals surface area contributed by atoms with Crippen molar-refractivity contribution in [2.75, 3.05) is 5.75 Å². The lowest BCUT2D eigenvalue weighted by atomic mass is 10.5. The largest absolute Gasteiger partial charge is 0.337 e. The second-order valence-electron chi connectivity index (χ2n) is 2.50. The summed E-state index contributed by atoms with van der Waals surface area (Å²) in [5.41, 5.74) is 0.981. The molecule has 0 aliphatic carbocycles. The van der Waals surface area contributed by atoms with Gasteiger partial charge in [0, 0.05) is 17.6 Å². The molecule has 13 heavy (non-hydrogen) atoms. The molecular formula is C8H10F2N2S. The molecule has 1 rings (SSSR count). The molecule has 1 heterocycles. The van der Waals surface area contributed by atoms with Crippen LogP contribution in [0.3, 0.4) is 0 Å². The Kier molecular flexibility index (Phi) is 3.95. The monoisotopic (exact) mass is 204 g/mol. The first-order chi connectivity index (χ1) is 6.18. The minimum atomic E-state index is -1.61. The van der Waals surface area contributed by atoms with E-state index in [2.05, 4.69) is 9.97 Å². The van der Waals surface area contributed by atoms with E-state index >= 15 is 0 Å². The maximum atomic E-state index is 11.6. The third-order valence-corrected chi connectivity index (χ3v) is 2.26.